The number of carbonyl (C=O) groups is 1. The number of fused-ring (bicyclic) bond motifs is 2. The summed E-state index contributed by atoms with van der Waals surface area (Å²) in [5.41, 5.74) is 3.75. The average molecular weight is 304 g/mol. The average Bonchev–Trinajstić information content (AvgIpc) is 2.95. The van der Waals surface area contributed by atoms with Gasteiger partial charge in [0.15, 0.2) is 0 Å². The SMILES string of the molecule is O=C(Cc1ccccn1)N1CCC2(C=Cc3ccccc32)CC1. The van der Waals surface area contributed by atoms with Crippen LogP contribution in [0.25, 0.3) is 6.08 Å². The van der Waals surface area contributed by atoms with Crippen molar-refractivity contribution in [2.45, 2.75) is 24.7 Å². The predicted molar refractivity (Wildman–Crippen MR) is 90.9 cm³/mol. The molecule has 0 atom stereocenters. The second-order valence-corrected chi connectivity index (χ2v) is 6.46. The molecule has 0 saturated carbocycles. The van der Waals surface area contributed by atoms with Crippen LogP contribution < -0.4 is 0 Å². The van der Waals surface area contributed by atoms with Gasteiger partial charge in [-0.25, -0.2) is 0 Å². The molecule has 1 spiro atoms. The summed E-state index contributed by atoms with van der Waals surface area (Å²) >= 11 is 0. The number of amides is 1. The van der Waals surface area contributed by atoms with Gasteiger partial charge in [0.2, 0.25) is 5.91 Å². The third kappa shape index (κ3) is 2.56. The van der Waals surface area contributed by atoms with Crippen molar-refractivity contribution in [1.82, 2.24) is 9.88 Å². The van der Waals surface area contributed by atoms with Crippen LogP contribution in [-0.2, 0) is 16.6 Å². The molecule has 0 unspecified atom stereocenters. The lowest BCUT2D eigenvalue weighted by Gasteiger charge is -2.39. The number of carbonyl (C=O) groups excluding carboxylic acids is 1. The van der Waals surface area contributed by atoms with E-state index >= 15 is 0 Å². The van der Waals surface area contributed by atoms with E-state index < -0.39 is 0 Å². The van der Waals surface area contributed by atoms with Crippen LogP contribution in [-0.4, -0.2) is 28.9 Å². The molecule has 4 rings (SSSR count). The Hall–Kier alpha value is -2.42. The van der Waals surface area contributed by atoms with Gasteiger partial charge in [0.25, 0.3) is 0 Å². The minimum absolute atomic E-state index is 0.137. The number of aromatic nitrogens is 1. The minimum Gasteiger partial charge on any atom is -0.342 e. The summed E-state index contributed by atoms with van der Waals surface area (Å²) in [5.74, 6) is 0.189. The maximum absolute atomic E-state index is 12.5. The molecule has 1 aliphatic carbocycles. The van der Waals surface area contributed by atoms with Gasteiger partial charge in [0, 0.05) is 30.4 Å². The van der Waals surface area contributed by atoms with Gasteiger partial charge in [-0.2, -0.15) is 0 Å². The largest absolute Gasteiger partial charge is 0.342 e. The van der Waals surface area contributed by atoms with Crippen molar-refractivity contribution in [3.63, 3.8) is 0 Å². The molecule has 1 saturated heterocycles. The number of allylic oxidation sites excluding steroid dienone is 1. The van der Waals surface area contributed by atoms with Crippen molar-refractivity contribution in [3.05, 3.63) is 71.6 Å². The molecule has 1 aromatic carbocycles. The number of benzene rings is 1. The lowest BCUT2D eigenvalue weighted by molar-refractivity contribution is -0.131. The smallest absolute Gasteiger partial charge is 0.228 e. The first-order valence-corrected chi connectivity index (χ1v) is 8.23. The maximum Gasteiger partial charge on any atom is 0.228 e. The highest BCUT2D eigenvalue weighted by Gasteiger charge is 2.38. The predicted octanol–water partition coefficient (Wildman–Crippen LogP) is 3.21. The van der Waals surface area contributed by atoms with Gasteiger partial charge in [0.1, 0.15) is 0 Å². The Kier molecular flexibility index (Phi) is 3.49. The normalized spacial score (nSPS) is 18.2. The number of nitrogens with zero attached hydrogens (tertiary/aromatic N) is 2. The van der Waals surface area contributed by atoms with Crippen molar-refractivity contribution in [3.8, 4) is 0 Å². The zero-order valence-corrected chi connectivity index (χ0v) is 13.1. The van der Waals surface area contributed by atoms with Crippen LogP contribution in [0.5, 0.6) is 0 Å². The van der Waals surface area contributed by atoms with Crippen molar-refractivity contribution < 1.29 is 4.79 Å². The first-order chi connectivity index (χ1) is 11.3. The Morgan fingerprint density at radius 2 is 1.87 bits per heavy atom. The highest BCUT2D eigenvalue weighted by molar-refractivity contribution is 5.78. The van der Waals surface area contributed by atoms with Gasteiger partial charge in [-0.15, -0.1) is 0 Å². The van der Waals surface area contributed by atoms with Crippen molar-refractivity contribution in [1.29, 1.82) is 0 Å². The van der Waals surface area contributed by atoms with E-state index in [0.29, 0.717) is 6.42 Å². The summed E-state index contributed by atoms with van der Waals surface area (Å²) in [6.07, 6.45) is 8.75. The Bertz CT molecular complexity index is 743. The standard InChI is InChI=1S/C20H20N2O/c23-19(15-17-6-3-4-12-21-17)22-13-10-20(11-14-22)9-8-16-5-1-2-7-18(16)20/h1-9,12H,10-11,13-15H2. The van der Waals surface area contributed by atoms with Crippen molar-refractivity contribution in [2.24, 2.45) is 0 Å². The summed E-state index contributed by atoms with van der Waals surface area (Å²) in [7, 11) is 0. The third-order valence-electron chi connectivity index (χ3n) is 5.15. The highest BCUT2D eigenvalue weighted by atomic mass is 16.2. The van der Waals surface area contributed by atoms with Gasteiger partial charge < -0.3 is 4.90 Å². The molecule has 116 valence electrons. The maximum atomic E-state index is 12.5. The van der Waals surface area contributed by atoms with Gasteiger partial charge in [0.05, 0.1) is 6.42 Å². The summed E-state index contributed by atoms with van der Waals surface area (Å²) in [6.45, 7) is 1.65. The van der Waals surface area contributed by atoms with Crippen LogP contribution in [0.2, 0.25) is 0 Å². The molecule has 2 aromatic rings. The number of hydrogen-bond acceptors (Lipinski definition) is 2. The molecule has 0 N–H and O–H groups in total. The molecule has 1 amide bonds. The summed E-state index contributed by atoms with van der Waals surface area (Å²) in [4.78, 5) is 18.7. The van der Waals surface area contributed by atoms with Crippen LogP contribution in [0.15, 0.2) is 54.7 Å². The number of piperidine rings is 1. The quantitative estimate of drug-likeness (QED) is 0.853. The fourth-order valence-electron chi connectivity index (χ4n) is 3.80. The van der Waals surface area contributed by atoms with Crippen LogP contribution in [0, 0.1) is 0 Å². The zero-order valence-electron chi connectivity index (χ0n) is 13.1. The van der Waals surface area contributed by atoms with E-state index in [9.17, 15) is 4.79 Å². The van der Waals surface area contributed by atoms with E-state index in [-0.39, 0.29) is 11.3 Å². The monoisotopic (exact) mass is 304 g/mol. The summed E-state index contributed by atoms with van der Waals surface area (Å²) in [6, 6.07) is 14.3. The Labute approximate surface area is 136 Å². The van der Waals surface area contributed by atoms with Gasteiger partial charge in [-0.3, -0.25) is 9.78 Å². The van der Waals surface area contributed by atoms with E-state index in [1.807, 2.05) is 23.1 Å². The molecule has 23 heavy (non-hydrogen) atoms. The number of hydrogen-bond donors (Lipinski definition) is 0. The Balaban J connectivity index is 1.44. The van der Waals surface area contributed by atoms with E-state index in [2.05, 4.69) is 41.4 Å². The molecule has 0 bridgehead atoms. The Morgan fingerprint density at radius 1 is 1.09 bits per heavy atom. The lowest BCUT2D eigenvalue weighted by Crippen LogP contribution is -2.44. The molecule has 3 nitrogen and oxygen atoms in total. The summed E-state index contributed by atoms with van der Waals surface area (Å²) < 4.78 is 0. The van der Waals surface area contributed by atoms with Gasteiger partial charge >= 0.3 is 0 Å². The molecule has 2 heterocycles. The molecule has 1 fully saturated rings. The minimum atomic E-state index is 0.137. The first kappa shape index (κ1) is 14.2. The zero-order chi connectivity index (χ0) is 15.7. The van der Waals surface area contributed by atoms with Crippen LogP contribution in [0.1, 0.15) is 29.7 Å². The number of likely N-dealkylation sites (tertiary alicyclic amines) is 1. The molecule has 0 radical (unpaired) electrons. The lowest BCUT2D eigenvalue weighted by atomic mass is 9.74. The number of pyridine rings is 1. The fourth-order valence-corrected chi connectivity index (χ4v) is 3.80. The number of rotatable bonds is 2. The van der Waals surface area contributed by atoms with Crippen LogP contribution in [0.3, 0.4) is 0 Å². The van der Waals surface area contributed by atoms with Gasteiger partial charge in [-0.1, -0.05) is 42.5 Å². The van der Waals surface area contributed by atoms with E-state index in [1.165, 1.54) is 11.1 Å². The van der Waals surface area contributed by atoms with Crippen molar-refractivity contribution >= 4 is 12.0 Å². The molecule has 1 aliphatic heterocycles. The molecule has 2 aliphatic rings. The molecule has 1 aromatic heterocycles. The summed E-state index contributed by atoms with van der Waals surface area (Å²) in [5, 5.41) is 0. The second-order valence-electron chi connectivity index (χ2n) is 6.46. The van der Waals surface area contributed by atoms with Gasteiger partial charge in [-0.05, 0) is 36.1 Å². The van der Waals surface area contributed by atoms with Crippen LogP contribution >= 0.6 is 0 Å². The first-order valence-electron chi connectivity index (χ1n) is 8.23. The van der Waals surface area contributed by atoms with Crippen LogP contribution in [0.4, 0.5) is 0 Å². The van der Waals surface area contributed by atoms with E-state index in [4.69, 9.17) is 0 Å². The van der Waals surface area contributed by atoms with E-state index in [1.54, 1.807) is 6.20 Å². The third-order valence-corrected chi connectivity index (χ3v) is 5.15. The topological polar surface area (TPSA) is 33.2 Å². The van der Waals surface area contributed by atoms with Crippen molar-refractivity contribution in [2.75, 3.05) is 13.1 Å². The molecular weight excluding hydrogens is 284 g/mol. The van der Waals surface area contributed by atoms with E-state index in [0.717, 1.165) is 31.6 Å². The second kappa shape index (κ2) is 5.65. The molecular formula is C20H20N2O. The Morgan fingerprint density at radius 3 is 2.65 bits per heavy atom. The highest BCUT2D eigenvalue weighted by Crippen LogP contribution is 2.43. The molecule has 3 heteroatoms. The fraction of sp³-hybridized carbons (Fsp3) is 0.300.